The lowest BCUT2D eigenvalue weighted by atomic mass is 10.1. The molecule has 1 saturated heterocycles. The van der Waals surface area contributed by atoms with Gasteiger partial charge in [0.05, 0.1) is 6.04 Å². The highest BCUT2D eigenvalue weighted by Crippen LogP contribution is 2.18. The molecule has 2 aromatic rings. The Bertz CT molecular complexity index is 783. The van der Waals surface area contributed by atoms with E-state index in [0.29, 0.717) is 0 Å². The molecular weight excluding hydrogens is 426 g/mol. The number of anilines is 2. The summed E-state index contributed by atoms with van der Waals surface area (Å²) in [5.74, 6) is -0.210. The second-order valence-corrected chi connectivity index (χ2v) is 7.15. The van der Waals surface area contributed by atoms with Crippen molar-refractivity contribution in [2.75, 3.05) is 42.9 Å². The number of nitrogens with one attached hydrogen (secondary N) is 2. The topological polar surface area (TPSA) is 47.6 Å². The fraction of sp³-hybridized carbons (Fsp3) is 0.409. The van der Waals surface area contributed by atoms with Gasteiger partial charge in [-0.3, -0.25) is 9.69 Å². The lowest BCUT2D eigenvalue weighted by Gasteiger charge is -2.38. The Labute approximate surface area is 190 Å². The van der Waals surface area contributed by atoms with Crippen molar-refractivity contribution in [2.24, 2.45) is 0 Å². The molecule has 8 heteroatoms. The average molecular weight is 457 g/mol. The Balaban J connectivity index is 0.00000225. The zero-order chi connectivity index (χ0) is 19.9. The van der Waals surface area contributed by atoms with Crippen LogP contribution in [0, 0.1) is 5.82 Å². The van der Waals surface area contributed by atoms with Crippen LogP contribution >= 0.6 is 24.8 Å². The number of nitrogens with zero attached hydrogens (tertiary/aromatic N) is 2. The number of carbonyl (C=O) groups is 1. The molecule has 0 radical (unpaired) electrons. The average Bonchev–Trinajstić information content (AvgIpc) is 2.72. The number of benzene rings is 2. The summed E-state index contributed by atoms with van der Waals surface area (Å²) in [5, 5.41) is 6.34. The van der Waals surface area contributed by atoms with Gasteiger partial charge in [0.2, 0.25) is 5.91 Å². The van der Waals surface area contributed by atoms with E-state index in [0.717, 1.165) is 56.2 Å². The van der Waals surface area contributed by atoms with Crippen LogP contribution in [0.2, 0.25) is 0 Å². The van der Waals surface area contributed by atoms with Gasteiger partial charge < -0.3 is 15.5 Å². The van der Waals surface area contributed by atoms with E-state index >= 15 is 0 Å². The van der Waals surface area contributed by atoms with Crippen LogP contribution in [0.15, 0.2) is 48.5 Å². The standard InChI is InChI=1S/C22H29FN4O.2ClH/c1-3-24-16-18-5-4-6-20(15-18)25-22(28)17(2)26-11-13-27(14-12-26)21-9-7-19(23)8-10-21;;/h4-10,15,17,24H,3,11-14,16H2,1-2H3,(H,25,28);2*1H. The molecule has 2 N–H and O–H groups in total. The monoisotopic (exact) mass is 456 g/mol. The summed E-state index contributed by atoms with van der Waals surface area (Å²) in [6.07, 6.45) is 0. The maximum Gasteiger partial charge on any atom is 0.241 e. The van der Waals surface area contributed by atoms with Crippen LogP contribution in [-0.2, 0) is 11.3 Å². The molecule has 2 aromatic carbocycles. The lowest BCUT2D eigenvalue weighted by molar-refractivity contribution is -0.120. The molecule has 5 nitrogen and oxygen atoms in total. The van der Waals surface area contributed by atoms with Gasteiger partial charge in [-0.05, 0) is 55.4 Å². The van der Waals surface area contributed by atoms with Gasteiger partial charge in [0.15, 0.2) is 0 Å². The Kier molecular flexibility index (Phi) is 11.1. The fourth-order valence-corrected chi connectivity index (χ4v) is 3.46. The first-order chi connectivity index (χ1) is 13.6. The third kappa shape index (κ3) is 7.13. The van der Waals surface area contributed by atoms with Gasteiger partial charge in [-0.2, -0.15) is 0 Å². The summed E-state index contributed by atoms with van der Waals surface area (Å²) in [6.45, 7) is 8.97. The smallest absolute Gasteiger partial charge is 0.241 e. The highest BCUT2D eigenvalue weighted by atomic mass is 35.5. The minimum Gasteiger partial charge on any atom is -0.369 e. The maximum atomic E-state index is 13.1. The van der Waals surface area contributed by atoms with E-state index in [9.17, 15) is 9.18 Å². The Hall–Kier alpha value is -1.86. The van der Waals surface area contributed by atoms with E-state index in [1.807, 2.05) is 37.3 Å². The summed E-state index contributed by atoms with van der Waals surface area (Å²) in [7, 11) is 0. The van der Waals surface area contributed by atoms with Gasteiger partial charge in [-0.1, -0.05) is 19.1 Å². The summed E-state index contributed by atoms with van der Waals surface area (Å²) in [5.41, 5.74) is 3.01. The first-order valence-corrected chi connectivity index (χ1v) is 9.92. The predicted octanol–water partition coefficient (Wildman–Crippen LogP) is 3.93. The first-order valence-electron chi connectivity index (χ1n) is 9.92. The number of piperazine rings is 1. The zero-order valence-corrected chi connectivity index (χ0v) is 19.1. The molecule has 1 fully saturated rings. The third-order valence-electron chi connectivity index (χ3n) is 5.21. The molecule has 0 spiro atoms. The molecular formula is C22H31Cl2FN4O. The normalized spacial score (nSPS) is 15.0. The zero-order valence-electron chi connectivity index (χ0n) is 17.4. The van der Waals surface area contributed by atoms with Crippen molar-refractivity contribution in [1.29, 1.82) is 0 Å². The number of halogens is 3. The van der Waals surface area contributed by atoms with Gasteiger partial charge in [0.1, 0.15) is 5.82 Å². The van der Waals surface area contributed by atoms with E-state index in [2.05, 4.69) is 33.4 Å². The molecule has 1 unspecified atom stereocenters. The molecule has 1 heterocycles. The van der Waals surface area contributed by atoms with Crippen molar-refractivity contribution in [1.82, 2.24) is 10.2 Å². The van der Waals surface area contributed by atoms with Crippen LogP contribution in [-0.4, -0.2) is 49.6 Å². The molecule has 166 valence electrons. The van der Waals surface area contributed by atoms with Gasteiger partial charge >= 0.3 is 0 Å². The summed E-state index contributed by atoms with van der Waals surface area (Å²) in [4.78, 5) is 17.1. The number of hydrogen-bond donors (Lipinski definition) is 2. The van der Waals surface area contributed by atoms with Crippen molar-refractivity contribution < 1.29 is 9.18 Å². The molecule has 3 rings (SSSR count). The van der Waals surface area contributed by atoms with Gasteiger partial charge in [-0.25, -0.2) is 4.39 Å². The van der Waals surface area contributed by atoms with Crippen molar-refractivity contribution in [2.45, 2.75) is 26.4 Å². The minimum absolute atomic E-state index is 0. The predicted molar refractivity (Wildman–Crippen MR) is 127 cm³/mol. The van der Waals surface area contributed by atoms with Gasteiger partial charge in [0, 0.05) is 44.1 Å². The summed E-state index contributed by atoms with van der Waals surface area (Å²) < 4.78 is 13.1. The largest absolute Gasteiger partial charge is 0.369 e. The molecule has 0 aliphatic carbocycles. The lowest BCUT2D eigenvalue weighted by Crippen LogP contribution is -2.52. The molecule has 30 heavy (non-hydrogen) atoms. The summed E-state index contributed by atoms with van der Waals surface area (Å²) in [6, 6.07) is 14.3. The number of hydrogen-bond acceptors (Lipinski definition) is 4. The second kappa shape index (κ2) is 12.7. The summed E-state index contributed by atoms with van der Waals surface area (Å²) >= 11 is 0. The highest BCUT2D eigenvalue weighted by molar-refractivity contribution is 5.94. The molecule has 0 bridgehead atoms. The van der Waals surface area contributed by atoms with Crippen LogP contribution in [0.5, 0.6) is 0 Å². The fourth-order valence-electron chi connectivity index (χ4n) is 3.46. The molecule has 1 aliphatic rings. The Morgan fingerprint density at radius 2 is 1.73 bits per heavy atom. The van der Waals surface area contributed by atoms with E-state index < -0.39 is 0 Å². The third-order valence-corrected chi connectivity index (χ3v) is 5.21. The van der Waals surface area contributed by atoms with Gasteiger partial charge in [0.25, 0.3) is 0 Å². The highest BCUT2D eigenvalue weighted by Gasteiger charge is 2.25. The molecule has 1 atom stereocenters. The molecule has 1 amide bonds. The van der Waals surface area contributed by atoms with Crippen LogP contribution in [0.25, 0.3) is 0 Å². The van der Waals surface area contributed by atoms with Crippen molar-refractivity contribution >= 4 is 42.1 Å². The van der Waals surface area contributed by atoms with E-state index in [4.69, 9.17) is 0 Å². The quantitative estimate of drug-likeness (QED) is 0.662. The van der Waals surface area contributed by atoms with Crippen LogP contribution in [0.3, 0.4) is 0 Å². The van der Waals surface area contributed by atoms with Crippen LogP contribution in [0.4, 0.5) is 15.8 Å². The Morgan fingerprint density at radius 1 is 1.07 bits per heavy atom. The van der Waals surface area contributed by atoms with E-state index in [1.54, 1.807) is 0 Å². The van der Waals surface area contributed by atoms with Crippen LogP contribution in [0.1, 0.15) is 19.4 Å². The molecule has 1 aliphatic heterocycles. The van der Waals surface area contributed by atoms with E-state index in [-0.39, 0.29) is 42.6 Å². The van der Waals surface area contributed by atoms with Crippen molar-refractivity contribution in [3.8, 4) is 0 Å². The van der Waals surface area contributed by atoms with Crippen LogP contribution < -0.4 is 15.5 Å². The van der Waals surface area contributed by atoms with Gasteiger partial charge in [-0.15, -0.1) is 24.8 Å². The van der Waals surface area contributed by atoms with E-state index in [1.165, 1.54) is 12.1 Å². The van der Waals surface area contributed by atoms with Crippen molar-refractivity contribution in [3.63, 3.8) is 0 Å². The molecule has 0 aromatic heterocycles. The Morgan fingerprint density at radius 3 is 2.37 bits per heavy atom. The SMILES string of the molecule is CCNCc1cccc(NC(=O)C(C)N2CCN(c3ccc(F)cc3)CC2)c1.Cl.Cl. The maximum absolute atomic E-state index is 13.1. The second-order valence-electron chi connectivity index (χ2n) is 7.15. The minimum atomic E-state index is -0.220. The first kappa shape index (κ1) is 26.2. The number of carbonyl (C=O) groups excluding carboxylic acids is 1. The van der Waals surface area contributed by atoms with Crippen molar-refractivity contribution in [3.05, 3.63) is 59.9 Å². The number of amides is 1. The molecule has 0 saturated carbocycles. The number of rotatable bonds is 7.